The number of hydrogen-bond donors (Lipinski definition) is 0. The van der Waals surface area contributed by atoms with E-state index in [2.05, 4.69) is 13.0 Å². The molecule has 0 fully saturated rings. The standard InChI is InChI=1S/C10H18O2/c1-3-4-5-6-7-8-9-12-10(2)11/h7-8H,3-6,9H2,1-2H3/b8-7+. The van der Waals surface area contributed by atoms with E-state index in [-0.39, 0.29) is 5.97 Å². The average Bonchev–Trinajstić information content (AvgIpc) is 2.02. The zero-order valence-electron chi connectivity index (χ0n) is 8.01. The van der Waals surface area contributed by atoms with Crippen LogP contribution in [0.2, 0.25) is 0 Å². The summed E-state index contributed by atoms with van der Waals surface area (Å²) in [6, 6.07) is 0. The minimum absolute atomic E-state index is 0.215. The molecule has 0 aliphatic heterocycles. The van der Waals surface area contributed by atoms with Gasteiger partial charge in [-0.3, -0.25) is 4.79 Å². The van der Waals surface area contributed by atoms with Gasteiger partial charge in [0.2, 0.25) is 0 Å². The normalized spacial score (nSPS) is 10.5. The predicted octanol–water partition coefficient (Wildman–Crippen LogP) is 2.69. The summed E-state index contributed by atoms with van der Waals surface area (Å²) < 4.78 is 4.72. The highest BCUT2D eigenvalue weighted by molar-refractivity contribution is 5.65. The van der Waals surface area contributed by atoms with Crippen molar-refractivity contribution in [1.82, 2.24) is 0 Å². The number of ether oxygens (including phenoxy) is 1. The van der Waals surface area contributed by atoms with Crippen molar-refractivity contribution in [2.24, 2.45) is 0 Å². The highest BCUT2D eigenvalue weighted by Crippen LogP contribution is 1.99. The highest BCUT2D eigenvalue weighted by Gasteiger charge is 1.86. The van der Waals surface area contributed by atoms with Gasteiger partial charge < -0.3 is 4.74 Å². The smallest absolute Gasteiger partial charge is 0.302 e. The van der Waals surface area contributed by atoms with E-state index in [4.69, 9.17) is 4.74 Å². The third kappa shape index (κ3) is 9.21. The van der Waals surface area contributed by atoms with Crippen LogP contribution in [0.1, 0.15) is 39.5 Å². The van der Waals surface area contributed by atoms with Crippen LogP contribution in [0.25, 0.3) is 0 Å². The maximum absolute atomic E-state index is 10.3. The van der Waals surface area contributed by atoms with E-state index < -0.39 is 0 Å². The van der Waals surface area contributed by atoms with E-state index in [1.54, 1.807) is 0 Å². The Balaban J connectivity index is 3.09. The van der Waals surface area contributed by atoms with Gasteiger partial charge in [0.15, 0.2) is 0 Å². The Morgan fingerprint density at radius 3 is 2.67 bits per heavy atom. The Labute approximate surface area is 74.6 Å². The van der Waals surface area contributed by atoms with Crippen molar-refractivity contribution >= 4 is 5.97 Å². The van der Waals surface area contributed by atoms with E-state index in [0.29, 0.717) is 6.61 Å². The van der Waals surface area contributed by atoms with Crippen molar-refractivity contribution in [1.29, 1.82) is 0 Å². The van der Waals surface area contributed by atoms with Gasteiger partial charge in [0.25, 0.3) is 0 Å². The first kappa shape index (κ1) is 11.2. The second-order valence-corrected chi connectivity index (χ2v) is 2.77. The summed E-state index contributed by atoms with van der Waals surface area (Å²) in [4.78, 5) is 10.3. The molecule has 0 heterocycles. The molecule has 0 spiro atoms. The third-order valence-electron chi connectivity index (χ3n) is 1.52. The molecule has 0 aromatic carbocycles. The maximum Gasteiger partial charge on any atom is 0.302 e. The van der Waals surface area contributed by atoms with Crippen molar-refractivity contribution in [2.75, 3.05) is 6.61 Å². The van der Waals surface area contributed by atoms with Gasteiger partial charge >= 0.3 is 5.97 Å². The van der Waals surface area contributed by atoms with Gasteiger partial charge in [-0.15, -0.1) is 0 Å². The summed E-state index contributed by atoms with van der Waals surface area (Å²) in [5, 5.41) is 0. The Morgan fingerprint density at radius 2 is 2.08 bits per heavy atom. The number of esters is 1. The van der Waals surface area contributed by atoms with Crippen LogP contribution in [0.5, 0.6) is 0 Å². The molecule has 2 nitrogen and oxygen atoms in total. The first-order chi connectivity index (χ1) is 5.77. The molecule has 2 heteroatoms. The minimum atomic E-state index is -0.215. The summed E-state index contributed by atoms with van der Waals surface area (Å²) in [7, 11) is 0. The van der Waals surface area contributed by atoms with Gasteiger partial charge in [0, 0.05) is 6.92 Å². The predicted molar refractivity (Wildman–Crippen MR) is 49.9 cm³/mol. The Bertz CT molecular complexity index is 139. The quantitative estimate of drug-likeness (QED) is 0.348. The molecule has 0 aromatic rings. The largest absolute Gasteiger partial charge is 0.462 e. The monoisotopic (exact) mass is 170 g/mol. The first-order valence-corrected chi connectivity index (χ1v) is 4.55. The van der Waals surface area contributed by atoms with Gasteiger partial charge in [-0.25, -0.2) is 0 Å². The van der Waals surface area contributed by atoms with Gasteiger partial charge in [-0.2, -0.15) is 0 Å². The highest BCUT2D eigenvalue weighted by atomic mass is 16.5. The van der Waals surface area contributed by atoms with Crippen LogP contribution in [0.3, 0.4) is 0 Å². The summed E-state index contributed by atoms with van der Waals surface area (Å²) in [5.74, 6) is -0.215. The van der Waals surface area contributed by atoms with E-state index in [1.165, 1.54) is 26.2 Å². The summed E-state index contributed by atoms with van der Waals surface area (Å²) in [6.45, 7) is 4.02. The van der Waals surface area contributed by atoms with Crippen LogP contribution in [-0.4, -0.2) is 12.6 Å². The van der Waals surface area contributed by atoms with Crippen molar-refractivity contribution in [2.45, 2.75) is 39.5 Å². The van der Waals surface area contributed by atoms with Crippen LogP contribution in [-0.2, 0) is 9.53 Å². The van der Waals surface area contributed by atoms with Crippen LogP contribution >= 0.6 is 0 Å². The lowest BCUT2D eigenvalue weighted by Gasteiger charge is -1.94. The molecule has 0 saturated carbocycles. The number of hydrogen-bond acceptors (Lipinski definition) is 2. The van der Waals surface area contributed by atoms with Crippen LogP contribution < -0.4 is 0 Å². The lowest BCUT2D eigenvalue weighted by Crippen LogP contribution is -1.97. The number of carbonyl (C=O) groups is 1. The minimum Gasteiger partial charge on any atom is -0.462 e. The molecule has 0 atom stereocenters. The van der Waals surface area contributed by atoms with Crippen LogP contribution in [0.4, 0.5) is 0 Å². The topological polar surface area (TPSA) is 26.3 Å². The molecule has 0 amide bonds. The first-order valence-electron chi connectivity index (χ1n) is 4.55. The fraction of sp³-hybridized carbons (Fsp3) is 0.700. The molecule has 70 valence electrons. The Morgan fingerprint density at radius 1 is 1.33 bits per heavy atom. The molecule has 0 N–H and O–H groups in total. The SMILES string of the molecule is CCCCC/C=C/COC(C)=O. The fourth-order valence-corrected chi connectivity index (χ4v) is 0.864. The summed E-state index contributed by atoms with van der Waals surface area (Å²) in [6.07, 6.45) is 8.81. The number of allylic oxidation sites excluding steroid dienone is 1. The zero-order valence-corrected chi connectivity index (χ0v) is 8.01. The second-order valence-electron chi connectivity index (χ2n) is 2.77. The molecule has 0 rings (SSSR count). The van der Waals surface area contributed by atoms with Gasteiger partial charge in [0.05, 0.1) is 0 Å². The van der Waals surface area contributed by atoms with Crippen LogP contribution in [0.15, 0.2) is 12.2 Å². The number of unbranched alkanes of at least 4 members (excludes halogenated alkanes) is 3. The Kier molecular flexibility index (Phi) is 7.76. The Hall–Kier alpha value is -0.790. The number of rotatable bonds is 6. The average molecular weight is 170 g/mol. The molecule has 12 heavy (non-hydrogen) atoms. The molecule has 0 unspecified atom stereocenters. The second kappa shape index (κ2) is 8.31. The molecule has 0 saturated heterocycles. The lowest BCUT2D eigenvalue weighted by atomic mass is 10.2. The van der Waals surface area contributed by atoms with Crippen molar-refractivity contribution in [3.05, 3.63) is 12.2 Å². The van der Waals surface area contributed by atoms with E-state index in [1.807, 2.05) is 6.08 Å². The van der Waals surface area contributed by atoms with E-state index in [9.17, 15) is 4.79 Å². The van der Waals surface area contributed by atoms with Crippen molar-refractivity contribution in [3.8, 4) is 0 Å². The van der Waals surface area contributed by atoms with E-state index in [0.717, 1.165) is 6.42 Å². The number of carbonyl (C=O) groups excluding carboxylic acids is 1. The van der Waals surface area contributed by atoms with Gasteiger partial charge in [-0.05, 0) is 12.8 Å². The van der Waals surface area contributed by atoms with Crippen molar-refractivity contribution in [3.63, 3.8) is 0 Å². The molecule has 0 radical (unpaired) electrons. The molecule has 0 bridgehead atoms. The van der Waals surface area contributed by atoms with Crippen molar-refractivity contribution < 1.29 is 9.53 Å². The summed E-state index contributed by atoms with van der Waals surface area (Å²) >= 11 is 0. The molecule has 0 aliphatic rings. The zero-order chi connectivity index (χ0) is 9.23. The molecule has 0 aliphatic carbocycles. The fourth-order valence-electron chi connectivity index (χ4n) is 0.864. The van der Waals surface area contributed by atoms with Gasteiger partial charge in [0.1, 0.15) is 6.61 Å². The third-order valence-corrected chi connectivity index (χ3v) is 1.52. The summed E-state index contributed by atoms with van der Waals surface area (Å²) in [5.41, 5.74) is 0. The van der Waals surface area contributed by atoms with Crippen LogP contribution in [0, 0.1) is 0 Å². The maximum atomic E-state index is 10.3. The van der Waals surface area contributed by atoms with Gasteiger partial charge in [-0.1, -0.05) is 31.9 Å². The van der Waals surface area contributed by atoms with E-state index >= 15 is 0 Å². The molecule has 0 aromatic heterocycles. The molecular weight excluding hydrogens is 152 g/mol. The molecular formula is C10H18O2. The lowest BCUT2D eigenvalue weighted by molar-refractivity contribution is -0.139.